The Bertz CT molecular complexity index is 783. The van der Waals surface area contributed by atoms with Crippen molar-refractivity contribution in [2.45, 2.75) is 38.8 Å². The summed E-state index contributed by atoms with van der Waals surface area (Å²) >= 11 is 5.87. The first-order valence-corrected chi connectivity index (χ1v) is 8.88. The molecule has 3 rings (SSSR count). The molecule has 2 amide bonds. The minimum atomic E-state index is -0.193. The Labute approximate surface area is 151 Å². The largest absolute Gasteiger partial charge is 0.343 e. The maximum absolute atomic E-state index is 12.5. The maximum Gasteiger partial charge on any atom is 0.343 e. The van der Waals surface area contributed by atoms with Gasteiger partial charge < -0.3 is 10.2 Å². The van der Waals surface area contributed by atoms with E-state index >= 15 is 0 Å². The van der Waals surface area contributed by atoms with Crippen molar-refractivity contribution in [2.24, 2.45) is 0 Å². The van der Waals surface area contributed by atoms with Gasteiger partial charge in [0.1, 0.15) is 5.82 Å². The number of carbonyl (C=O) groups excluding carboxylic acids is 1. The van der Waals surface area contributed by atoms with E-state index in [-0.39, 0.29) is 17.6 Å². The highest BCUT2D eigenvalue weighted by atomic mass is 35.5. The fourth-order valence-corrected chi connectivity index (χ4v) is 3.34. The summed E-state index contributed by atoms with van der Waals surface area (Å²) in [5, 5.41) is 10.3. The van der Waals surface area contributed by atoms with Gasteiger partial charge in [0.25, 0.3) is 0 Å². The number of H-pyrrole nitrogens is 1. The van der Waals surface area contributed by atoms with Gasteiger partial charge in [0.15, 0.2) is 0 Å². The molecule has 1 aliphatic heterocycles. The van der Waals surface area contributed by atoms with E-state index < -0.39 is 0 Å². The van der Waals surface area contributed by atoms with Crippen LogP contribution in [0.25, 0.3) is 0 Å². The lowest BCUT2D eigenvalue weighted by Crippen LogP contribution is -2.45. The number of benzene rings is 1. The second-order valence-electron chi connectivity index (χ2n) is 6.20. The molecule has 25 heavy (non-hydrogen) atoms. The van der Waals surface area contributed by atoms with Gasteiger partial charge in [0.2, 0.25) is 0 Å². The molecule has 1 aromatic carbocycles. The van der Waals surface area contributed by atoms with Crippen molar-refractivity contribution in [3.05, 3.63) is 51.2 Å². The van der Waals surface area contributed by atoms with Gasteiger partial charge in [-0.15, -0.1) is 0 Å². The van der Waals surface area contributed by atoms with Gasteiger partial charge in [0, 0.05) is 37.1 Å². The summed E-state index contributed by atoms with van der Waals surface area (Å²) in [6.07, 6.45) is 1.81. The number of nitrogens with zero attached hydrogens (tertiary/aromatic N) is 3. The normalized spacial score (nSPS) is 17.5. The monoisotopic (exact) mass is 363 g/mol. The first-order chi connectivity index (χ1) is 12.1. The molecule has 1 aliphatic rings. The predicted molar refractivity (Wildman–Crippen MR) is 95.8 cm³/mol. The zero-order valence-electron chi connectivity index (χ0n) is 14.2. The van der Waals surface area contributed by atoms with Crippen LogP contribution in [0.15, 0.2) is 29.1 Å². The smallest absolute Gasteiger partial charge is 0.334 e. The average Bonchev–Trinajstić information content (AvgIpc) is 3.01. The molecule has 8 heteroatoms. The van der Waals surface area contributed by atoms with Crippen molar-refractivity contribution >= 4 is 17.6 Å². The van der Waals surface area contributed by atoms with Crippen LogP contribution in [0.3, 0.4) is 0 Å². The third-order valence-electron chi connectivity index (χ3n) is 4.53. The summed E-state index contributed by atoms with van der Waals surface area (Å²) in [5.74, 6) is 0.816. The number of rotatable bonds is 4. The molecule has 0 radical (unpaired) electrons. The molecule has 1 atom stereocenters. The summed E-state index contributed by atoms with van der Waals surface area (Å²) in [5.41, 5.74) is 0.806. The molecule has 2 heterocycles. The first-order valence-electron chi connectivity index (χ1n) is 8.50. The van der Waals surface area contributed by atoms with Crippen LogP contribution in [0, 0.1) is 0 Å². The Morgan fingerprint density at radius 1 is 1.40 bits per heavy atom. The zero-order valence-corrected chi connectivity index (χ0v) is 14.9. The number of hydrogen-bond acceptors (Lipinski definition) is 3. The maximum atomic E-state index is 12.5. The molecule has 0 saturated carbocycles. The first kappa shape index (κ1) is 17.5. The van der Waals surface area contributed by atoms with Crippen molar-refractivity contribution in [3.63, 3.8) is 0 Å². The molecule has 1 fully saturated rings. The Morgan fingerprint density at radius 3 is 2.88 bits per heavy atom. The van der Waals surface area contributed by atoms with Crippen LogP contribution in [0.5, 0.6) is 0 Å². The summed E-state index contributed by atoms with van der Waals surface area (Å²) in [6.45, 7) is 4.23. The van der Waals surface area contributed by atoms with Crippen LogP contribution in [0.2, 0.25) is 5.02 Å². The number of aromatic amines is 1. The fraction of sp³-hybridized carbons (Fsp3) is 0.471. The zero-order chi connectivity index (χ0) is 17.8. The molecule has 0 spiro atoms. The van der Waals surface area contributed by atoms with Crippen molar-refractivity contribution in [1.82, 2.24) is 25.0 Å². The molecule has 134 valence electrons. The number of amides is 2. The number of nitrogens with one attached hydrogen (secondary N) is 2. The van der Waals surface area contributed by atoms with E-state index in [1.807, 2.05) is 31.2 Å². The Kier molecular flexibility index (Phi) is 5.43. The second-order valence-corrected chi connectivity index (χ2v) is 6.64. The predicted octanol–water partition coefficient (Wildman–Crippen LogP) is 2.33. The van der Waals surface area contributed by atoms with E-state index in [0.29, 0.717) is 31.2 Å². The highest BCUT2D eigenvalue weighted by Crippen LogP contribution is 2.24. The summed E-state index contributed by atoms with van der Waals surface area (Å²) in [4.78, 5) is 26.0. The highest BCUT2D eigenvalue weighted by Gasteiger charge is 2.28. The third kappa shape index (κ3) is 4.04. The van der Waals surface area contributed by atoms with Crippen molar-refractivity contribution in [1.29, 1.82) is 0 Å². The molecule has 0 aliphatic carbocycles. The van der Waals surface area contributed by atoms with E-state index in [1.165, 1.54) is 0 Å². The number of likely N-dealkylation sites (tertiary alicyclic amines) is 1. The molecular weight excluding hydrogens is 342 g/mol. The van der Waals surface area contributed by atoms with Crippen molar-refractivity contribution in [3.8, 4) is 0 Å². The fourth-order valence-electron chi connectivity index (χ4n) is 3.21. The minimum Gasteiger partial charge on any atom is -0.334 e. The molecule has 0 unspecified atom stereocenters. The standard InChI is InChI=1S/C17H22ClN5O2/c1-2-23-15(20-21-17(23)25)13-4-3-9-22(11-13)16(24)19-10-12-5-7-14(18)8-6-12/h5-8,13H,2-4,9-11H2,1H3,(H,19,24)(H,21,25)/t13-/m1/s1. The molecule has 0 bridgehead atoms. The van der Waals surface area contributed by atoms with Crippen LogP contribution in [-0.2, 0) is 13.1 Å². The van der Waals surface area contributed by atoms with E-state index in [1.54, 1.807) is 9.47 Å². The molecular formula is C17H22ClN5O2. The molecule has 7 nitrogen and oxygen atoms in total. The van der Waals surface area contributed by atoms with Gasteiger partial charge in [-0.25, -0.2) is 14.7 Å². The van der Waals surface area contributed by atoms with Crippen molar-refractivity contribution < 1.29 is 4.79 Å². The minimum absolute atomic E-state index is 0.0777. The number of hydrogen-bond donors (Lipinski definition) is 2. The molecule has 1 aromatic heterocycles. The number of piperidine rings is 1. The third-order valence-corrected chi connectivity index (χ3v) is 4.79. The number of aromatic nitrogens is 3. The molecule has 2 aromatic rings. The van der Waals surface area contributed by atoms with Crippen LogP contribution in [0.4, 0.5) is 4.79 Å². The van der Waals surface area contributed by atoms with Crippen molar-refractivity contribution in [2.75, 3.05) is 13.1 Å². The van der Waals surface area contributed by atoms with Gasteiger partial charge in [-0.3, -0.25) is 4.57 Å². The quantitative estimate of drug-likeness (QED) is 0.874. The second kappa shape index (κ2) is 7.74. The number of urea groups is 1. The van der Waals surface area contributed by atoms with Gasteiger partial charge in [0.05, 0.1) is 0 Å². The number of halogens is 1. The van der Waals surface area contributed by atoms with Gasteiger partial charge in [-0.05, 0) is 37.5 Å². The summed E-state index contributed by atoms with van der Waals surface area (Å²) < 4.78 is 1.64. The van der Waals surface area contributed by atoms with E-state index in [4.69, 9.17) is 11.6 Å². The molecule has 2 N–H and O–H groups in total. The summed E-state index contributed by atoms with van der Waals surface area (Å²) in [6, 6.07) is 7.31. The van der Waals surface area contributed by atoms with E-state index in [9.17, 15) is 9.59 Å². The van der Waals surface area contributed by atoms with Crippen LogP contribution < -0.4 is 11.0 Å². The van der Waals surface area contributed by atoms with Gasteiger partial charge in [-0.2, -0.15) is 5.10 Å². The molecule has 1 saturated heterocycles. The topological polar surface area (TPSA) is 83.0 Å². The highest BCUT2D eigenvalue weighted by molar-refractivity contribution is 6.30. The lowest BCUT2D eigenvalue weighted by Gasteiger charge is -2.32. The average molecular weight is 364 g/mol. The SMILES string of the molecule is CCn1c([C@@H]2CCCN(C(=O)NCc3ccc(Cl)cc3)C2)n[nH]c1=O. The van der Waals surface area contributed by atoms with E-state index in [2.05, 4.69) is 15.5 Å². The Hall–Kier alpha value is -2.28. The van der Waals surface area contributed by atoms with Crippen LogP contribution >= 0.6 is 11.6 Å². The lowest BCUT2D eigenvalue weighted by atomic mass is 9.97. The lowest BCUT2D eigenvalue weighted by molar-refractivity contribution is 0.177. The Balaban J connectivity index is 1.61. The summed E-state index contributed by atoms with van der Waals surface area (Å²) in [7, 11) is 0. The van der Waals surface area contributed by atoms with E-state index in [0.717, 1.165) is 24.2 Å². The Morgan fingerprint density at radius 2 is 2.16 bits per heavy atom. The number of carbonyl (C=O) groups is 1. The van der Waals surface area contributed by atoms with Gasteiger partial charge in [-0.1, -0.05) is 23.7 Å². The van der Waals surface area contributed by atoms with Crippen LogP contribution in [-0.4, -0.2) is 38.8 Å². The van der Waals surface area contributed by atoms with Gasteiger partial charge >= 0.3 is 11.7 Å². The van der Waals surface area contributed by atoms with Crippen LogP contribution in [0.1, 0.15) is 37.1 Å².